The van der Waals surface area contributed by atoms with E-state index in [-0.39, 0.29) is 12.4 Å². The van der Waals surface area contributed by atoms with Gasteiger partial charge >= 0.3 is 0 Å². The van der Waals surface area contributed by atoms with Gasteiger partial charge in [0.1, 0.15) is 5.72 Å². The van der Waals surface area contributed by atoms with E-state index < -0.39 is 5.72 Å². The van der Waals surface area contributed by atoms with Gasteiger partial charge in [0, 0.05) is 0 Å². The van der Waals surface area contributed by atoms with Gasteiger partial charge in [0.15, 0.2) is 0 Å². The number of benzene rings is 1. The Morgan fingerprint density at radius 3 is 1.94 bits per heavy atom. The highest BCUT2D eigenvalue weighted by Crippen LogP contribution is 2.28. The lowest BCUT2D eigenvalue weighted by atomic mass is 9.98. The number of halogens is 1. The summed E-state index contributed by atoms with van der Waals surface area (Å²) in [6, 6.07) is 9.89. The van der Waals surface area contributed by atoms with E-state index in [1.807, 2.05) is 37.3 Å². The van der Waals surface area contributed by atoms with Crippen molar-refractivity contribution in [1.29, 1.82) is 0 Å². The topological polar surface area (TPSA) is 23.5 Å². The van der Waals surface area contributed by atoms with Crippen LogP contribution < -0.4 is 0 Å². The molecule has 0 heterocycles. The van der Waals surface area contributed by atoms with Crippen LogP contribution in [0.15, 0.2) is 30.3 Å². The number of hydrogen-bond donors (Lipinski definition) is 1. The molecule has 0 bridgehead atoms. The first-order valence-corrected chi connectivity index (χ1v) is 5.72. The Balaban J connectivity index is 0.00000225. The summed E-state index contributed by atoms with van der Waals surface area (Å²) in [6.45, 7) is 7.89. The minimum atomic E-state index is -0.815. The molecular formula is C13H22ClNO. The summed E-state index contributed by atoms with van der Waals surface area (Å²) < 4.78 is 0. The molecule has 3 heteroatoms. The lowest BCUT2D eigenvalue weighted by Crippen LogP contribution is -2.45. The van der Waals surface area contributed by atoms with E-state index in [9.17, 15) is 5.11 Å². The molecule has 16 heavy (non-hydrogen) atoms. The molecule has 92 valence electrons. The molecule has 0 fully saturated rings. The monoisotopic (exact) mass is 243 g/mol. The molecule has 1 unspecified atom stereocenters. The van der Waals surface area contributed by atoms with Gasteiger partial charge in [-0.2, -0.15) is 0 Å². The van der Waals surface area contributed by atoms with Crippen molar-refractivity contribution in [2.75, 3.05) is 13.1 Å². The predicted octanol–water partition coefficient (Wildman–Crippen LogP) is 3.01. The highest BCUT2D eigenvalue weighted by atomic mass is 35.5. The molecule has 0 amide bonds. The molecule has 1 rings (SSSR count). The molecule has 1 N–H and O–H groups in total. The first-order chi connectivity index (χ1) is 7.19. The van der Waals surface area contributed by atoms with Crippen LogP contribution in [0.2, 0.25) is 0 Å². The molecule has 0 saturated heterocycles. The maximum absolute atomic E-state index is 10.7. The van der Waals surface area contributed by atoms with E-state index in [2.05, 4.69) is 18.7 Å². The number of nitrogens with zero attached hydrogens (tertiary/aromatic N) is 1. The molecule has 0 spiro atoms. The van der Waals surface area contributed by atoms with Gasteiger partial charge < -0.3 is 5.11 Å². The van der Waals surface area contributed by atoms with Gasteiger partial charge in [0.2, 0.25) is 0 Å². The normalized spacial score (nSPS) is 14.3. The van der Waals surface area contributed by atoms with E-state index in [0.717, 1.165) is 18.7 Å². The van der Waals surface area contributed by atoms with Crippen molar-refractivity contribution in [1.82, 2.24) is 4.90 Å². The Labute approximate surface area is 105 Å². The molecule has 0 aliphatic carbocycles. The first-order valence-electron chi connectivity index (χ1n) is 5.72. The van der Waals surface area contributed by atoms with Crippen molar-refractivity contribution in [2.45, 2.75) is 32.9 Å². The zero-order chi connectivity index (χ0) is 11.3. The van der Waals surface area contributed by atoms with E-state index in [4.69, 9.17) is 0 Å². The highest BCUT2D eigenvalue weighted by molar-refractivity contribution is 5.85. The van der Waals surface area contributed by atoms with Crippen molar-refractivity contribution in [3.8, 4) is 0 Å². The van der Waals surface area contributed by atoms with Crippen LogP contribution in [0.3, 0.4) is 0 Å². The minimum absolute atomic E-state index is 0. The van der Waals surface area contributed by atoms with E-state index in [1.165, 1.54) is 0 Å². The molecule has 0 aliphatic heterocycles. The zero-order valence-corrected chi connectivity index (χ0v) is 11.1. The lowest BCUT2D eigenvalue weighted by molar-refractivity contribution is -0.114. The summed E-state index contributed by atoms with van der Waals surface area (Å²) >= 11 is 0. The third-order valence-corrected chi connectivity index (χ3v) is 3.02. The van der Waals surface area contributed by atoms with Crippen LogP contribution in [-0.2, 0) is 5.72 Å². The summed E-state index contributed by atoms with van der Waals surface area (Å²) in [7, 11) is 0. The van der Waals surface area contributed by atoms with Crippen LogP contribution in [0.25, 0.3) is 0 Å². The van der Waals surface area contributed by atoms with Crippen LogP contribution in [0.4, 0.5) is 0 Å². The lowest BCUT2D eigenvalue weighted by Gasteiger charge is -2.38. The molecule has 0 aliphatic rings. The second kappa shape index (κ2) is 6.89. The summed E-state index contributed by atoms with van der Waals surface area (Å²) in [6.07, 6.45) is 0.707. The van der Waals surface area contributed by atoms with E-state index >= 15 is 0 Å². The van der Waals surface area contributed by atoms with E-state index in [1.54, 1.807) is 0 Å². The molecule has 1 atom stereocenters. The van der Waals surface area contributed by atoms with Crippen molar-refractivity contribution in [3.63, 3.8) is 0 Å². The first kappa shape index (κ1) is 15.4. The Bertz CT molecular complexity index is 287. The van der Waals surface area contributed by atoms with Crippen molar-refractivity contribution < 1.29 is 5.11 Å². The van der Waals surface area contributed by atoms with Gasteiger partial charge in [-0.1, -0.05) is 51.1 Å². The van der Waals surface area contributed by atoms with Gasteiger partial charge in [0.25, 0.3) is 0 Å². The molecular weight excluding hydrogens is 222 g/mol. The zero-order valence-electron chi connectivity index (χ0n) is 10.3. The predicted molar refractivity (Wildman–Crippen MR) is 70.8 cm³/mol. The smallest absolute Gasteiger partial charge is 0.144 e. The van der Waals surface area contributed by atoms with Crippen LogP contribution >= 0.6 is 12.4 Å². The summed E-state index contributed by atoms with van der Waals surface area (Å²) in [4.78, 5) is 2.09. The van der Waals surface area contributed by atoms with E-state index in [0.29, 0.717) is 6.42 Å². The molecule has 1 aromatic rings. The SMILES string of the molecule is CCN(CC)C(O)(CC)c1ccccc1.Cl. The quantitative estimate of drug-likeness (QED) is 0.804. The molecule has 1 aromatic carbocycles. The average Bonchev–Trinajstić information content (AvgIpc) is 2.31. The Kier molecular flexibility index (Phi) is 6.65. The molecule has 0 aromatic heterocycles. The fourth-order valence-corrected chi connectivity index (χ4v) is 2.06. The fourth-order valence-electron chi connectivity index (χ4n) is 2.06. The van der Waals surface area contributed by atoms with Crippen LogP contribution in [0.1, 0.15) is 32.8 Å². The maximum atomic E-state index is 10.7. The Morgan fingerprint density at radius 1 is 1.06 bits per heavy atom. The fraction of sp³-hybridized carbons (Fsp3) is 0.538. The summed E-state index contributed by atoms with van der Waals surface area (Å²) in [5.41, 5.74) is 0.168. The van der Waals surface area contributed by atoms with Gasteiger partial charge in [-0.25, -0.2) is 0 Å². The Hall–Kier alpha value is -0.570. The molecule has 0 saturated carbocycles. The van der Waals surface area contributed by atoms with Crippen molar-refractivity contribution >= 4 is 12.4 Å². The third-order valence-electron chi connectivity index (χ3n) is 3.02. The van der Waals surface area contributed by atoms with Crippen molar-refractivity contribution in [2.24, 2.45) is 0 Å². The standard InChI is InChI=1S/C13H21NO.ClH/c1-4-13(15,14(5-2)6-3)12-10-8-7-9-11-12;/h7-11,15H,4-6H2,1-3H3;1H. The largest absolute Gasteiger partial charge is 0.371 e. The number of aliphatic hydroxyl groups is 1. The minimum Gasteiger partial charge on any atom is -0.371 e. The number of hydrogen-bond acceptors (Lipinski definition) is 2. The molecule has 0 radical (unpaired) electrons. The van der Waals surface area contributed by atoms with Gasteiger partial charge in [-0.3, -0.25) is 4.90 Å². The van der Waals surface area contributed by atoms with Crippen LogP contribution in [0.5, 0.6) is 0 Å². The second-order valence-electron chi connectivity index (χ2n) is 3.71. The molecule has 2 nitrogen and oxygen atoms in total. The van der Waals surface area contributed by atoms with Gasteiger partial charge in [-0.05, 0) is 25.1 Å². The summed E-state index contributed by atoms with van der Waals surface area (Å²) in [5.74, 6) is 0. The average molecular weight is 244 g/mol. The van der Waals surface area contributed by atoms with Gasteiger partial charge in [-0.15, -0.1) is 12.4 Å². The Morgan fingerprint density at radius 2 is 1.56 bits per heavy atom. The van der Waals surface area contributed by atoms with Crippen LogP contribution in [0, 0.1) is 0 Å². The summed E-state index contributed by atoms with van der Waals surface area (Å²) in [5, 5.41) is 10.7. The van der Waals surface area contributed by atoms with Crippen molar-refractivity contribution in [3.05, 3.63) is 35.9 Å². The highest BCUT2D eigenvalue weighted by Gasteiger charge is 2.32. The van der Waals surface area contributed by atoms with Gasteiger partial charge in [0.05, 0.1) is 0 Å². The maximum Gasteiger partial charge on any atom is 0.144 e. The number of rotatable bonds is 5. The third kappa shape index (κ3) is 2.97. The second-order valence-corrected chi connectivity index (χ2v) is 3.71. The van der Waals surface area contributed by atoms with Crippen LogP contribution in [-0.4, -0.2) is 23.1 Å².